The Morgan fingerprint density at radius 1 is 1.04 bits per heavy atom. The summed E-state index contributed by atoms with van der Waals surface area (Å²) in [5.74, 6) is -1.90. The van der Waals surface area contributed by atoms with Crippen molar-refractivity contribution in [3.8, 4) is 0 Å². The number of rotatable bonds is 5. The molecule has 8 heteroatoms. The van der Waals surface area contributed by atoms with E-state index >= 15 is 0 Å². The van der Waals surface area contributed by atoms with Crippen molar-refractivity contribution in [1.82, 2.24) is 10.9 Å². The lowest BCUT2D eigenvalue weighted by Crippen LogP contribution is -2.42. The lowest BCUT2D eigenvalue weighted by Gasteiger charge is -2.08. The van der Waals surface area contributed by atoms with Crippen molar-refractivity contribution in [1.29, 1.82) is 0 Å². The maximum absolute atomic E-state index is 13.8. The van der Waals surface area contributed by atoms with Gasteiger partial charge in [0.2, 0.25) is 5.91 Å². The summed E-state index contributed by atoms with van der Waals surface area (Å²) in [6.07, 6.45) is 0. The second-order valence-electron chi connectivity index (χ2n) is 5.00. The van der Waals surface area contributed by atoms with Crippen LogP contribution in [0.4, 0.5) is 4.39 Å². The van der Waals surface area contributed by atoms with Gasteiger partial charge in [-0.25, -0.2) is 4.39 Å². The minimum Gasteiger partial charge on any atom is -0.295 e. The summed E-state index contributed by atoms with van der Waals surface area (Å²) in [7, 11) is 0. The van der Waals surface area contributed by atoms with Crippen LogP contribution in [-0.4, -0.2) is 23.4 Å². The van der Waals surface area contributed by atoms with Crippen LogP contribution in [0.1, 0.15) is 27.6 Å². The Labute approximate surface area is 152 Å². The van der Waals surface area contributed by atoms with E-state index in [-0.39, 0.29) is 22.0 Å². The van der Waals surface area contributed by atoms with E-state index < -0.39 is 17.6 Å². The number of hydrazine groups is 1. The normalized spacial score (nSPS) is 10.2. The smallest absolute Gasteiger partial charge is 0.269 e. The second kappa shape index (κ2) is 8.64. The van der Waals surface area contributed by atoms with E-state index in [4.69, 9.17) is 11.6 Å². The van der Waals surface area contributed by atoms with Gasteiger partial charge in [-0.1, -0.05) is 17.7 Å². The van der Waals surface area contributed by atoms with E-state index in [1.165, 1.54) is 31.2 Å². The van der Waals surface area contributed by atoms with Gasteiger partial charge in [-0.3, -0.25) is 25.2 Å². The zero-order valence-corrected chi connectivity index (χ0v) is 14.7. The first-order chi connectivity index (χ1) is 11.9. The number of amides is 2. The molecule has 0 aliphatic rings. The number of hydrogen-bond acceptors (Lipinski definition) is 4. The van der Waals surface area contributed by atoms with Gasteiger partial charge in [0.1, 0.15) is 5.82 Å². The fraction of sp³-hybridized carbons (Fsp3) is 0.118. The van der Waals surface area contributed by atoms with Gasteiger partial charge in [-0.2, -0.15) is 0 Å². The van der Waals surface area contributed by atoms with E-state index in [9.17, 15) is 18.8 Å². The zero-order chi connectivity index (χ0) is 18.4. The highest BCUT2D eigenvalue weighted by Crippen LogP contribution is 2.22. The maximum atomic E-state index is 13.8. The number of halogens is 2. The van der Waals surface area contributed by atoms with Gasteiger partial charge in [0, 0.05) is 21.0 Å². The quantitative estimate of drug-likeness (QED) is 0.474. The van der Waals surface area contributed by atoms with Crippen molar-refractivity contribution >= 4 is 41.0 Å². The summed E-state index contributed by atoms with van der Waals surface area (Å²) in [6.45, 7) is 1.35. The van der Waals surface area contributed by atoms with Crippen LogP contribution in [0.2, 0.25) is 5.02 Å². The van der Waals surface area contributed by atoms with Gasteiger partial charge in [0.05, 0.1) is 5.75 Å². The second-order valence-corrected chi connectivity index (χ2v) is 6.45. The molecule has 0 radical (unpaired) electrons. The molecule has 0 unspecified atom stereocenters. The molecule has 2 amide bonds. The van der Waals surface area contributed by atoms with E-state index in [2.05, 4.69) is 10.9 Å². The number of carbonyl (C=O) groups excluding carboxylic acids is 3. The Balaban J connectivity index is 1.83. The third-order valence-electron chi connectivity index (χ3n) is 3.12. The molecular weight excluding hydrogens is 367 g/mol. The van der Waals surface area contributed by atoms with Gasteiger partial charge >= 0.3 is 0 Å². The molecular formula is C17H14ClFN2O3S. The summed E-state index contributed by atoms with van der Waals surface area (Å²) in [5, 5.41) is 0.495. The minimum atomic E-state index is -0.573. The summed E-state index contributed by atoms with van der Waals surface area (Å²) in [4.78, 5) is 35.0. The number of benzene rings is 2. The van der Waals surface area contributed by atoms with Crippen molar-refractivity contribution in [2.75, 3.05) is 5.75 Å². The molecule has 2 aromatic rings. The molecule has 0 spiro atoms. The molecule has 0 fully saturated rings. The zero-order valence-electron chi connectivity index (χ0n) is 13.1. The molecule has 25 heavy (non-hydrogen) atoms. The molecule has 0 atom stereocenters. The van der Waals surface area contributed by atoms with Crippen LogP contribution >= 0.6 is 23.4 Å². The Morgan fingerprint density at radius 3 is 2.28 bits per heavy atom. The topological polar surface area (TPSA) is 75.3 Å². The fourth-order valence-corrected chi connectivity index (χ4v) is 2.66. The first-order valence-corrected chi connectivity index (χ1v) is 8.51. The van der Waals surface area contributed by atoms with Crippen molar-refractivity contribution in [2.24, 2.45) is 0 Å². The molecule has 0 bridgehead atoms. The van der Waals surface area contributed by atoms with Gasteiger partial charge in [-0.05, 0) is 43.3 Å². The van der Waals surface area contributed by atoms with Crippen LogP contribution < -0.4 is 10.9 Å². The van der Waals surface area contributed by atoms with Crippen molar-refractivity contribution in [3.63, 3.8) is 0 Å². The highest BCUT2D eigenvalue weighted by atomic mass is 35.5. The molecule has 0 aliphatic heterocycles. The van der Waals surface area contributed by atoms with Crippen LogP contribution in [0.5, 0.6) is 0 Å². The summed E-state index contributed by atoms with van der Waals surface area (Å²) < 4.78 is 13.8. The molecule has 0 aromatic heterocycles. The standard InChI is InChI=1S/C17H14ClFN2O3S/c1-10(22)12-4-7-15(14(19)8-12)25-9-16(23)20-21-17(24)11-2-5-13(18)6-3-11/h2-8H,9H2,1H3,(H,20,23)(H,21,24). The highest BCUT2D eigenvalue weighted by molar-refractivity contribution is 8.00. The molecule has 2 aromatic carbocycles. The van der Waals surface area contributed by atoms with Gasteiger partial charge < -0.3 is 0 Å². The predicted octanol–water partition coefficient (Wildman–Crippen LogP) is 3.24. The van der Waals surface area contributed by atoms with E-state index in [0.29, 0.717) is 10.6 Å². The molecule has 0 saturated carbocycles. The van der Waals surface area contributed by atoms with Gasteiger partial charge in [0.25, 0.3) is 5.91 Å². The van der Waals surface area contributed by atoms with Crippen LogP contribution in [0.3, 0.4) is 0 Å². The number of carbonyl (C=O) groups is 3. The van der Waals surface area contributed by atoms with Crippen LogP contribution in [0, 0.1) is 5.82 Å². The SMILES string of the molecule is CC(=O)c1ccc(SCC(=O)NNC(=O)c2ccc(Cl)cc2)c(F)c1. The monoisotopic (exact) mass is 380 g/mol. The fourth-order valence-electron chi connectivity index (χ4n) is 1.82. The minimum absolute atomic E-state index is 0.1000. The first-order valence-electron chi connectivity index (χ1n) is 7.15. The Bertz CT molecular complexity index is 812. The van der Waals surface area contributed by atoms with Crippen LogP contribution in [0.25, 0.3) is 0 Å². The van der Waals surface area contributed by atoms with Crippen LogP contribution in [0.15, 0.2) is 47.4 Å². The lowest BCUT2D eigenvalue weighted by atomic mass is 10.1. The number of nitrogens with one attached hydrogen (secondary N) is 2. The van der Waals surface area contributed by atoms with Gasteiger partial charge in [-0.15, -0.1) is 11.8 Å². The molecule has 5 nitrogen and oxygen atoms in total. The molecule has 0 saturated heterocycles. The molecule has 0 aliphatic carbocycles. The largest absolute Gasteiger partial charge is 0.295 e. The Kier molecular flexibility index (Phi) is 6.55. The summed E-state index contributed by atoms with van der Waals surface area (Å²) in [5.41, 5.74) is 5.11. The number of hydrogen-bond donors (Lipinski definition) is 2. The van der Waals surface area contributed by atoms with Crippen molar-refractivity contribution in [2.45, 2.75) is 11.8 Å². The summed E-state index contributed by atoms with van der Waals surface area (Å²) >= 11 is 6.69. The van der Waals surface area contributed by atoms with E-state index in [0.717, 1.165) is 17.8 Å². The van der Waals surface area contributed by atoms with Crippen molar-refractivity contribution in [3.05, 3.63) is 64.4 Å². The molecule has 0 heterocycles. The number of ketones is 1. The molecule has 2 rings (SSSR count). The summed E-state index contributed by atoms with van der Waals surface area (Å²) in [6, 6.07) is 10.2. The Morgan fingerprint density at radius 2 is 1.68 bits per heavy atom. The first kappa shape index (κ1) is 19.0. The lowest BCUT2D eigenvalue weighted by molar-refractivity contribution is -0.119. The highest BCUT2D eigenvalue weighted by Gasteiger charge is 2.11. The van der Waals surface area contributed by atoms with E-state index in [1.807, 2.05) is 0 Å². The Hall–Kier alpha value is -2.38. The molecule has 130 valence electrons. The van der Waals surface area contributed by atoms with Crippen LogP contribution in [-0.2, 0) is 4.79 Å². The number of Topliss-reactive ketones (excluding diaryl/α,β-unsaturated/α-hetero) is 1. The third kappa shape index (κ3) is 5.58. The third-order valence-corrected chi connectivity index (χ3v) is 4.42. The van der Waals surface area contributed by atoms with Crippen molar-refractivity contribution < 1.29 is 18.8 Å². The predicted molar refractivity (Wildman–Crippen MR) is 94.2 cm³/mol. The van der Waals surface area contributed by atoms with E-state index in [1.54, 1.807) is 12.1 Å². The van der Waals surface area contributed by atoms with Gasteiger partial charge in [0.15, 0.2) is 5.78 Å². The number of thioether (sulfide) groups is 1. The molecule has 2 N–H and O–H groups in total. The maximum Gasteiger partial charge on any atom is 0.269 e. The average Bonchev–Trinajstić information content (AvgIpc) is 2.59. The average molecular weight is 381 g/mol.